The molecule has 8 nitrogen and oxygen atoms in total. The molecule has 0 saturated heterocycles. The summed E-state index contributed by atoms with van der Waals surface area (Å²) in [6.07, 6.45) is 5.54. The van der Waals surface area contributed by atoms with Crippen molar-refractivity contribution in [2.45, 2.75) is 51.6 Å². The first-order valence-corrected chi connectivity index (χ1v) is 12.2. The standard InChI is InChI=1S/C27H25N5O3/c1-16-28-25-23(27(33)32(16)18-7-3-2-4-8-18)24-26(30-20-10-6-5-9-19(20)29-24)31(25)14-17-11-12-21-22(13-17)35-15-34-21/h5-6,9-13,18H,2-4,7-8,14-15H2,1H3. The zero-order chi connectivity index (χ0) is 23.5. The fourth-order valence-electron chi connectivity index (χ4n) is 5.62. The molecular weight excluding hydrogens is 442 g/mol. The minimum atomic E-state index is -0.0154. The minimum absolute atomic E-state index is 0.0154. The van der Waals surface area contributed by atoms with Gasteiger partial charge >= 0.3 is 0 Å². The Balaban J connectivity index is 1.50. The maximum absolute atomic E-state index is 14.0. The van der Waals surface area contributed by atoms with Crippen molar-refractivity contribution in [3.8, 4) is 11.5 Å². The Bertz CT molecular complexity index is 1680. The molecule has 0 atom stereocenters. The molecule has 2 aromatic carbocycles. The summed E-state index contributed by atoms with van der Waals surface area (Å²) in [6.45, 7) is 2.66. The third kappa shape index (κ3) is 3.20. The van der Waals surface area contributed by atoms with Crippen molar-refractivity contribution < 1.29 is 9.47 Å². The lowest BCUT2D eigenvalue weighted by Gasteiger charge is -2.25. The van der Waals surface area contributed by atoms with E-state index in [0.717, 1.165) is 59.6 Å². The molecule has 0 amide bonds. The van der Waals surface area contributed by atoms with Gasteiger partial charge in [0.15, 0.2) is 22.8 Å². The molecule has 0 bridgehead atoms. The van der Waals surface area contributed by atoms with Gasteiger partial charge in [0, 0.05) is 6.04 Å². The number of aryl methyl sites for hydroxylation is 1. The zero-order valence-corrected chi connectivity index (χ0v) is 19.5. The van der Waals surface area contributed by atoms with Crippen LogP contribution in [0, 0.1) is 6.92 Å². The number of para-hydroxylation sites is 2. The Hall–Kier alpha value is -3.94. The molecule has 1 fully saturated rings. The van der Waals surface area contributed by atoms with Crippen molar-refractivity contribution >= 4 is 33.2 Å². The van der Waals surface area contributed by atoms with Crippen LogP contribution in [0.3, 0.4) is 0 Å². The lowest BCUT2D eigenvalue weighted by Crippen LogP contribution is -2.29. The molecule has 1 aliphatic heterocycles. The van der Waals surface area contributed by atoms with Crippen molar-refractivity contribution in [1.29, 1.82) is 0 Å². The summed E-state index contributed by atoms with van der Waals surface area (Å²) in [6, 6.07) is 13.9. The largest absolute Gasteiger partial charge is 0.454 e. The third-order valence-corrected chi connectivity index (χ3v) is 7.29. The van der Waals surface area contributed by atoms with Gasteiger partial charge in [0.05, 0.1) is 17.6 Å². The number of hydrogen-bond donors (Lipinski definition) is 0. The smallest absolute Gasteiger partial charge is 0.265 e. The highest BCUT2D eigenvalue weighted by molar-refractivity contribution is 6.04. The van der Waals surface area contributed by atoms with E-state index in [2.05, 4.69) is 0 Å². The molecule has 1 aliphatic carbocycles. The summed E-state index contributed by atoms with van der Waals surface area (Å²) < 4.78 is 15.0. The first-order valence-electron chi connectivity index (χ1n) is 12.2. The molecule has 176 valence electrons. The van der Waals surface area contributed by atoms with Crippen molar-refractivity contribution in [2.75, 3.05) is 6.79 Å². The van der Waals surface area contributed by atoms with E-state index in [1.807, 2.05) is 58.5 Å². The summed E-state index contributed by atoms with van der Waals surface area (Å²) in [5, 5.41) is 0.551. The monoisotopic (exact) mass is 467 g/mol. The van der Waals surface area contributed by atoms with Crippen LogP contribution < -0.4 is 15.0 Å². The topological polar surface area (TPSA) is 84.1 Å². The van der Waals surface area contributed by atoms with Crippen LogP contribution in [0.5, 0.6) is 11.5 Å². The van der Waals surface area contributed by atoms with Crippen LogP contribution >= 0.6 is 0 Å². The Labute approximate surface area is 201 Å². The molecule has 7 rings (SSSR count). The number of rotatable bonds is 3. The highest BCUT2D eigenvalue weighted by Crippen LogP contribution is 2.34. The lowest BCUT2D eigenvalue weighted by molar-refractivity contribution is 0.174. The SMILES string of the molecule is Cc1nc2c(c(=O)n1C1CCCCC1)c1nc3ccccc3nc1n2Cc1ccc2c(c1)OCO2. The number of nitrogens with zero attached hydrogens (tertiary/aromatic N) is 5. The minimum Gasteiger partial charge on any atom is -0.454 e. The van der Waals surface area contributed by atoms with E-state index in [-0.39, 0.29) is 18.4 Å². The quantitative estimate of drug-likeness (QED) is 0.376. The highest BCUT2D eigenvalue weighted by atomic mass is 16.7. The van der Waals surface area contributed by atoms with E-state index in [1.165, 1.54) is 6.42 Å². The maximum atomic E-state index is 14.0. The van der Waals surface area contributed by atoms with Crippen molar-refractivity contribution in [3.63, 3.8) is 0 Å². The van der Waals surface area contributed by atoms with Gasteiger partial charge in [-0.25, -0.2) is 15.0 Å². The van der Waals surface area contributed by atoms with E-state index < -0.39 is 0 Å². The molecular formula is C27H25N5O3. The van der Waals surface area contributed by atoms with E-state index in [0.29, 0.717) is 28.7 Å². The van der Waals surface area contributed by atoms with Gasteiger partial charge in [-0.05, 0) is 49.6 Å². The molecule has 8 heteroatoms. The second-order valence-electron chi connectivity index (χ2n) is 9.48. The first kappa shape index (κ1) is 20.4. The van der Waals surface area contributed by atoms with Gasteiger partial charge < -0.3 is 14.0 Å². The molecule has 2 aliphatic rings. The second kappa shape index (κ2) is 7.80. The van der Waals surface area contributed by atoms with Gasteiger partial charge in [-0.15, -0.1) is 0 Å². The summed E-state index contributed by atoms with van der Waals surface area (Å²) >= 11 is 0. The Morgan fingerprint density at radius 1 is 0.914 bits per heavy atom. The van der Waals surface area contributed by atoms with E-state index in [4.69, 9.17) is 24.4 Å². The number of hydrogen-bond acceptors (Lipinski definition) is 6. The van der Waals surface area contributed by atoms with Gasteiger partial charge in [0.2, 0.25) is 6.79 Å². The predicted molar refractivity (Wildman–Crippen MR) is 133 cm³/mol. The predicted octanol–water partition coefficient (Wildman–Crippen LogP) is 4.89. The normalized spacial score (nSPS) is 16.0. The van der Waals surface area contributed by atoms with Gasteiger partial charge in [-0.2, -0.15) is 0 Å². The highest BCUT2D eigenvalue weighted by Gasteiger charge is 2.25. The number of aromatic nitrogens is 5. The van der Waals surface area contributed by atoms with Gasteiger partial charge in [-0.3, -0.25) is 9.36 Å². The van der Waals surface area contributed by atoms with Crippen molar-refractivity contribution in [2.24, 2.45) is 0 Å². The fraction of sp³-hybridized carbons (Fsp3) is 0.333. The number of benzene rings is 2. The van der Waals surface area contributed by atoms with Gasteiger partial charge in [-0.1, -0.05) is 37.5 Å². The average Bonchev–Trinajstić information content (AvgIpc) is 3.46. The number of fused-ring (bicyclic) bond motifs is 5. The Morgan fingerprint density at radius 2 is 1.69 bits per heavy atom. The average molecular weight is 468 g/mol. The Kier molecular flexibility index (Phi) is 4.55. The van der Waals surface area contributed by atoms with Gasteiger partial charge in [0.25, 0.3) is 5.56 Å². The van der Waals surface area contributed by atoms with Gasteiger partial charge in [0.1, 0.15) is 16.7 Å². The fourth-order valence-corrected chi connectivity index (χ4v) is 5.62. The third-order valence-electron chi connectivity index (χ3n) is 7.29. The summed E-state index contributed by atoms with van der Waals surface area (Å²) in [4.78, 5) is 28.9. The molecule has 1 saturated carbocycles. The first-order chi connectivity index (χ1) is 17.2. The molecule has 5 aromatic rings. The van der Waals surface area contributed by atoms with E-state index in [9.17, 15) is 4.79 Å². The van der Waals surface area contributed by atoms with E-state index >= 15 is 0 Å². The maximum Gasteiger partial charge on any atom is 0.265 e. The van der Waals surface area contributed by atoms with Crippen LogP contribution in [0.25, 0.3) is 33.2 Å². The Morgan fingerprint density at radius 3 is 2.51 bits per heavy atom. The summed E-state index contributed by atoms with van der Waals surface area (Å²) in [5.41, 5.74) is 4.47. The van der Waals surface area contributed by atoms with Crippen LogP contribution in [0.2, 0.25) is 0 Å². The van der Waals surface area contributed by atoms with Crippen LogP contribution in [-0.2, 0) is 6.54 Å². The van der Waals surface area contributed by atoms with Crippen LogP contribution in [-0.4, -0.2) is 30.9 Å². The van der Waals surface area contributed by atoms with Crippen LogP contribution in [0.1, 0.15) is 49.5 Å². The molecule has 35 heavy (non-hydrogen) atoms. The molecule has 0 spiro atoms. The molecule has 0 radical (unpaired) electrons. The number of ether oxygens (including phenoxy) is 2. The van der Waals surface area contributed by atoms with Crippen LogP contribution in [0.4, 0.5) is 0 Å². The molecule has 0 N–H and O–H groups in total. The van der Waals surface area contributed by atoms with E-state index in [1.54, 1.807) is 0 Å². The zero-order valence-electron chi connectivity index (χ0n) is 19.5. The second-order valence-corrected chi connectivity index (χ2v) is 9.48. The lowest BCUT2D eigenvalue weighted by atomic mass is 9.95. The molecule has 4 heterocycles. The van der Waals surface area contributed by atoms with Crippen molar-refractivity contribution in [3.05, 3.63) is 64.2 Å². The molecule has 0 unspecified atom stereocenters. The van der Waals surface area contributed by atoms with Crippen LogP contribution in [0.15, 0.2) is 47.3 Å². The van der Waals surface area contributed by atoms with Crippen molar-refractivity contribution in [1.82, 2.24) is 24.1 Å². The summed E-state index contributed by atoms with van der Waals surface area (Å²) in [7, 11) is 0. The molecule has 3 aromatic heterocycles. The summed E-state index contributed by atoms with van der Waals surface area (Å²) in [5.74, 6) is 2.21.